The van der Waals surface area contributed by atoms with E-state index < -0.39 is 0 Å². The molecule has 0 saturated heterocycles. The molecule has 0 radical (unpaired) electrons. The lowest BCUT2D eigenvalue weighted by Crippen LogP contribution is -2.28. The summed E-state index contributed by atoms with van der Waals surface area (Å²) in [7, 11) is 7.12. The van der Waals surface area contributed by atoms with E-state index in [9.17, 15) is 19.2 Å². The van der Waals surface area contributed by atoms with Gasteiger partial charge in [0.25, 0.3) is 0 Å². The van der Waals surface area contributed by atoms with E-state index in [1.54, 1.807) is 62.3 Å². The first-order chi connectivity index (χ1) is 14.2. The van der Waals surface area contributed by atoms with Gasteiger partial charge in [0.05, 0.1) is 13.1 Å². The molecule has 1 aliphatic carbocycles. The molecule has 156 valence electrons. The minimum Gasteiger partial charge on any atom is -0.325 e. The van der Waals surface area contributed by atoms with E-state index in [0.29, 0.717) is 11.4 Å². The Labute approximate surface area is 174 Å². The number of fused-ring (bicyclic) bond motifs is 2. The maximum atomic E-state index is 13.0. The standard InChI is InChI=1S/C22H24N4O4/c1-25(2)11-19(27)23-13-5-7-15-17(9-13)21(29)16-8-6-14(10-18(16)22(15)30)24-20(28)12-26(3)4/h5-10H,11-12H2,1-4H3,(H,23,27)(H,24,28). The Morgan fingerprint density at radius 1 is 0.667 bits per heavy atom. The topological polar surface area (TPSA) is 98.8 Å². The van der Waals surface area contributed by atoms with Crippen molar-refractivity contribution in [1.82, 2.24) is 9.80 Å². The molecule has 0 heterocycles. The molecule has 0 aliphatic heterocycles. The third-order valence-corrected chi connectivity index (χ3v) is 4.50. The number of nitrogens with zero attached hydrogens (tertiary/aromatic N) is 2. The van der Waals surface area contributed by atoms with Crippen LogP contribution in [0.4, 0.5) is 11.4 Å². The summed E-state index contributed by atoms with van der Waals surface area (Å²) in [5.41, 5.74) is 1.96. The van der Waals surface area contributed by atoms with Gasteiger partial charge in [-0.2, -0.15) is 0 Å². The molecule has 30 heavy (non-hydrogen) atoms. The van der Waals surface area contributed by atoms with Crippen LogP contribution in [0, 0.1) is 0 Å². The summed E-state index contributed by atoms with van der Waals surface area (Å²) in [4.78, 5) is 53.4. The van der Waals surface area contributed by atoms with Gasteiger partial charge in [-0.1, -0.05) is 0 Å². The lowest BCUT2D eigenvalue weighted by Gasteiger charge is -2.20. The molecular weight excluding hydrogens is 384 g/mol. The Hall–Kier alpha value is -3.36. The first-order valence-electron chi connectivity index (χ1n) is 9.42. The second-order valence-electron chi connectivity index (χ2n) is 7.75. The van der Waals surface area contributed by atoms with Gasteiger partial charge in [-0.15, -0.1) is 0 Å². The Kier molecular flexibility index (Phi) is 6.09. The van der Waals surface area contributed by atoms with Crippen LogP contribution in [0.1, 0.15) is 31.8 Å². The summed E-state index contributed by atoms with van der Waals surface area (Å²) in [5, 5.41) is 5.47. The highest BCUT2D eigenvalue weighted by atomic mass is 16.2. The lowest BCUT2D eigenvalue weighted by molar-refractivity contribution is -0.117. The minimum atomic E-state index is -0.297. The van der Waals surface area contributed by atoms with Gasteiger partial charge in [-0.05, 0) is 64.6 Å². The molecule has 2 aromatic carbocycles. The van der Waals surface area contributed by atoms with Crippen molar-refractivity contribution in [2.75, 3.05) is 51.9 Å². The number of hydrogen-bond donors (Lipinski definition) is 2. The molecule has 2 aromatic rings. The number of carbonyl (C=O) groups excluding carboxylic acids is 4. The first kappa shape index (κ1) is 21.4. The molecule has 0 bridgehead atoms. The summed E-state index contributed by atoms with van der Waals surface area (Å²) in [6, 6.07) is 9.34. The Bertz CT molecular complexity index is 960. The highest BCUT2D eigenvalue weighted by molar-refractivity contribution is 6.29. The molecule has 2 amide bonds. The maximum absolute atomic E-state index is 13.0. The molecule has 0 unspecified atom stereocenters. The number of amides is 2. The molecule has 0 atom stereocenters. The second-order valence-corrected chi connectivity index (χ2v) is 7.75. The molecule has 0 fully saturated rings. The van der Waals surface area contributed by atoms with Crippen LogP contribution in [0.2, 0.25) is 0 Å². The predicted octanol–water partition coefficient (Wildman–Crippen LogP) is 1.46. The van der Waals surface area contributed by atoms with Crippen molar-refractivity contribution in [3.63, 3.8) is 0 Å². The van der Waals surface area contributed by atoms with Gasteiger partial charge < -0.3 is 20.4 Å². The van der Waals surface area contributed by atoms with E-state index in [-0.39, 0.29) is 58.7 Å². The Morgan fingerprint density at radius 2 is 1.03 bits per heavy atom. The number of benzene rings is 2. The van der Waals surface area contributed by atoms with Gasteiger partial charge in [-0.25, -0.2) is 0 Å². The third-order valence-electron chi connectivity index (χ3n) is 4.50. The summed E-state index contributed by atoms with van der Waals surface area (Å²) in [6.45, 7) is 0.407. The van der Waals surface area contributed by atoms with Gasteiger partial charge in [0, 0.05) is 33.6 Å². The van der Waals surface area contributed by atoms with E-state index in [1.807, 2.05) is 0 Å². The number of nitrogens with one attached hydrogen (secondary N) is 2. The highest BCUT2D eigenvalue weighted by Crippen LogP contribution is 2.31. The minimum absolute atomic E-state index is 0.203. The normalized spacial score (nSPS) is 12.6. The van der Waals surface area contributed by atoms with Crippen molar-refractivity contribution >= 4 is 34.8 Å². The highest BCUT2D eigenvalue weighted by Gasteiger charge is 2.30. The van der Waals surface area contributed by atoms with Crippen LogP contribution in [-0.4, -0.2) is 74.5 Å². The quantitative estimate of drug-likeness (QED) is 0.641. The largest absolute Gasteiger partial charge is 0.325 e. The van der Waals surface area contributed by atoms with Crippen molar-refractivity contribution in [2.45, 2.75) is 0 Å². The zero-order valence-electron chi connectivity index (χ0n) is 17.4. The average Bonchev–Trinajstić information content (AvgIpc) is 2.64. The van der Waals surface area contributed by atoms with Crippen molar-refractivity contribution in [2.24, 2.45) is 0 Å². The number of anilines is 2. The monoisotopic (exact) mass is 408 g/mol. The fourth-order valence-corrected chi connectivity index (χ4v) is 3.28. The van der Waals surface area contributed by atoms with E-state index in [4.69, 9.17) is 0 Å². The fourth-order valence-electron chi connectivity index (χ4n) is 3.28. The van der Waals surface area contributed by atoms with Crippen LogP contribution in [-0.2, 0) is 9.59 Å². The Balaban J connectivity index is 1.87. The van der Waals surface area contributed by atoms with E-state index in [0.717, 1.165) is 0 Å². The van der Waals surface area contributed by atoms with E-state index in [2.05, 4.69) is 10.6 Å². The zero-order valence-corrected chi connectivity index (χ0v) is 17.4. The third kappa shape index (κ3) is 4.61. The number of carbonyl (C=O) groups is 4. The molecule has 0 spiro atoms. The van der Waals surface area contributed by atoms with E-state index >= 15 is 0 Å². The van der Waals surface area contributed by atoms with Gasteiger partial charge >= 0.3 is 0 Å². The van der Waals surface area contributed by atoms with Crippen molar-refractivity contribution < 1.29 is 19.2 Å². The molecular formula is C22H24N4O4. The second kappa shape index (κ2) is 8.56. The fraction of sp³-hybridized carbons (Fsp3) is 0.273. The summed E-state index contributed by atoms with van der Waals surface area (Å²) < 4.78 is 0. The van der Waals surface area contributed by atoms with Gasteiger partial charge in [-0.3, -0.25) is 19.2 Å². The predicted molar refractivity (Wildman–Crippen MR) is 114 cm³/mol. The summed E-state index contributed by atoms with van der Waals surface area (Å²) >= 11 is 0. The van der Waals surface area contributed by atoms with Crippen LogP contribution in [0.15, 0.2) is 36.4 Å². The number of rotatable bonds is 6. The molecule has 0 saturated carbocycles. The number of hydrogen-bond acceptors (Lipinski definition) is 6. The molecule has 8 heteroatoms. The van der Waals surface area contributed by atoms with Crippen molar-refractivity contribution in [3.05, 3.63) is 58.7 Å². The Morgan fingerprint density at radius 3 is 1.37 bits per heavy atom. The van der Waals surface area contributed by atoms with Crippen molar-refractivity contribution in [3.8, 4) is 0 Å². The smallest absolute Gasteiger partial charge is 0.238 e. The van der Waals surface area contributed by atoms with Crippen LogP contribution < -0.4 is 10.6 Å². The van der Waals surface area contributed by atoms with Gasteiger partial charge in [0.15, 0.2) is 11.6 Å². The molecule has 1 aliphatic rings. The molecule has 0 aromatic heterocycles. The van der Waals surface area contributed by atoms with Crippen LogP contribution in [0.25, 0.3) is 0 Å². The molecule has 8 nitrogen and oxygen atoms in total. The summed E-state index contributed by atoms with van der Waals surface area (Å²) in [6.07, 6.45) is 0. The molecule has 3 rings (SSSR count). The van der Waals surface area contributed by atoms with Crippen LogP contribution in [0.5, 0.6) is 0 Å². The SMILES string of the molecule is CN(C)CC(=O)Nc1ccc2c(c1)C(=O)c1ccc(NC(=O)CN(C)C)cc1C2=O. The number of ketones is 2. The number of likely N-dealkylation sites (N-methyl/N-ethyl adjacent to an activating group) is 2. The van der Waals surface area contributed by atoms with Gasteiger partial charge in [0.1, 0.15) is 0 Å². The van der Waals surface area contributed by atoms with E-state index in [1.165, 1.54) is 12.1 Å². The zero-order chi connectivity index (χ0) is 22.0. The summed E-state index contributed by atoms with van der Waals surface area (Å²) in [5.74, 6) is -1.02. The average molecular weight is 408 g/mol. The molecule has 2 N–H and O–H groups in total. The van der Waals surface area contributed by atoms with Crippen LogP contribution >= 0.6 is 0 Å². The van der Waals surface area contributed by atoms with Crippen LogP contribution in [0.3, 0.4) is 0 Å². The van der Waals surface area contributed by atoms with Crippen molar-refractivity contribution in [1.29, 1.82) is 0 Å². The lowest BCUT2D eigenvalue weighted by atomic mass is 9.83. The maximum Gasteiger partial charge on any atom is 0.238 e. The van der Waals surface area contributed by atoms with Gasteiger partial charge in [0.2, 0.25) is 11.8 Å². The first-order valence-corrected chi connectivity index (χ1v) is 9.42.